The zero-order valence-corrected chi connectivity index (χ0v) is 12.8. The van der Waals surface area contributed by atoms with Gasteiger partial charge in [0.15, 0.2) is 0 Å². The van der Waals surface area contributed by atoms with Crippen molar-refractivity contribution in [3.8, 4) is 0 Å². The van der Waals surface area contributed by atoms with Crippen LogP contribution in [-0.4, -0.2) is 35.4 Å². The van der Waals surface area contributed by atoms with E-state index in [1.54, 1.807) is 12.4 Å². The zero-order valence-electron chi connectivity index (χ0n) is 12.8. The number of hydrogen-bond donors (Lipinski definition) is 3. The molecule has 1 heterocycles. The minimum atomic E-state index is -0.591. The molecule has 0 saturated heterocycles. The van der Waals surface area contributed by atoms with Crippen LogP contribution in [0.5, 0.6) is 0 Å². The largest absolute Gasteiger partial charge is 0.352 e. The average Bonchev–Trinajstić information content (AvgIpc) is 2.44. The Bertz CT molecular complexity index is 462. The molecule has 2 amide bonds. The Morgan fingerprint density at radius 1 is 1.24 bits per heavy atom. The Balaban J connectivity index is 2.32. The molecule has 0 aliphatic heterocycles. The lowest BCUT2D eigenvalue weighted by Gasteiger charge is -2.17. The fraction of sp³-hybridized carbons (Fsp3) is 0.533. The van der Waals surface area contributed by atoms with Crippen molar-refractivity contribution in [3.05, 3.63) is 30.1 Å². The van der Waals surface area contributed by atoms with Crippen LogP contribution in [0.1, 0.15) is 26.3 Å². The highest BCUT2D eigenvalue weighted by Gasteiger charge is 2.18. The van der Waals surface area contributed by atoms with Gasteiger partial charge in [0, 0.05) is 18.4 Å². The maximum Gasteiger partial charge on any atom is 0.239 e. The SMILES string of the molecule is CC(Cc1ccncc1)NC(=O)CNC(=O)[C@@H](N)C(C)C. The lowest BCUT2D eigenvalue weighted by molar-refractivity contribution is -0.127. The minimum Gasteiger partial charge on any atom is -0.352 e. The van der Waals surface area contributed by atoms with Crippen molar-refractivity contribution in [2.75, 3.05) is 6.54 Å². The quantitative estimate of drug-likeness (QED) is 0.670. The molecule has 1 aromatic heterocycles. The van der Waals surface area contributed by atoms with E-state index in [2.05, 4.69) is 15.6 Å². The van der Waals surface area contributed by atoms with Crippen molar-refractivity contribution in [1.82, 2.24) is 15.6 Å². The second kappa shape index (κ2) is 8.36. The Kier molecular flexibility index (Phi) is 6.81. The normalized spacial score (nSPS) is 13.6. The number of carbonyl (C=O) groups is 2. The molecule has 0 aliphatic rings. The summed E-state index contributed by atoms with van der Waals surface area (Å²) in [4.78, 5) is 27.4. The summed E-state index contributed by atoms with van der Waals surface area (Å²) in [7, 11) is 0. The smallest absolute Gasteiger partial charge is 0.239 e. The lowest BCUT2D eigenvalue weighted by Crippen LogP contribution is -2.48. The van der Waals surface area contributed by atoms with E-state index < -0.39 is 6.04 Å². The van der Waals surface area contributed by atoms with Gasteiger partial charge >= 0.3 is 0 Å². The third kappa shape index (κ3) is 6.35. The maximum atomic E-state index is 11.8. The first-order valence-electron chi connectivity index (χ1n) is 7.11. The van der Waals surface area contributed by atoms with Gasteiger partial charge in [-0.1, -0.05) is 13.8 Å². The van der Waals surface area contributed by atoms with Gasteiger partial charge in [-0.05, 0) is 37.0 Å². The molecular weight excluding hydrogens is 268 g/mol. The molecule has 1 aromatic rings. The summed E-state index contributed by atoms with van der Waals surface area (Å²) in [6.45, 7) is 5.59. The summed E-state index contributed by atoms with van der Waals surface area (Å²) in [6.07, 6.45) is 4.16. The highest BCUT2D eigenvalue weighted by molar-refractivity contribution is 5.87. The van der Waals surface area contributed by atoms with Gasteiger partial charge in [0.05, 0.1) is 12.6 Å². The van der Waals surface area contributed by atoms with E-state index >= 15 is 0 Å². The van der Waals surface area contributed by atoms with Crippen molar-refractivity contribution in [1.29, 1.82) is 0 Å². The molecule has 0 saturated carbocycles. The van der Waals surface area contributed by atoms with Crippen molar-refractivity contribution < 1.29 is 9.59 Å². The van der Waals surface area contributed by atoms with Crippen molar-refractivity contribution in [3.63, 3.8) is 0 Å². The second-order valence-corrected chi connectivity index (χ2v) is 5.52. The molecule has 116 valence electrons. The molecule has 0 aliphatic carbocycles. The van der Waals surface area contributed by atoms with Gasteiger partial charge in [-0.3, -0.25) is 14.6 Å². The summed E-state index contributed by atoms with van der Waals surface area (Å²) in [6, 6.07) is 3.21. The molecule has 0 bridgehead atoms. The number of hydrogen-bond acceptors (Lipinski definition) is 4. The fourth-order valence-electron chi connectivity index (χ4n) is 1.84. The first-order chi connectivity index (χ1) is 9.90. The van der Waals surface area contributed by atoms with Gasteiger partial charge < -0.3 is 16.4 Å². The molecule has 1 rings (SSSR count). The van der Waals surface area contributed by atoms with Crippen LogP contribution in [0.15, 0.2) is 24.5 Å². The molecule has 6 nitrogen and oxygen atoms in total. The molecule has 21 heavy (non-hydrogen) atoms. The summed E-state index contributed by atoms with van der Waals surface area (Å²) in [5.74, 6) is -0.485. The van der Waals surface area contributed by atoms with Crippen LogP contribution in [0, 0.1) is 5.92 Å². The summed E-state index contributed by atoms with van der Waals surface area (Å²) in [5, 5.41) is 5.38. The number of rotatable bonds is 7. The van der Waals surface area contributed by atoms with Gasteiger partial charge in [-0.15, -0.1) is 0 Å². The van der Waals surface area contributed by atoms with Crippen LogP contribution >= 0.6 is 0 Å². The van der Waals surface area contributed by atoms with Crippen LogP contribution in [0.2, 0.25) is 0 Å². The summed E-state index contributed by atoms with van der Waals surface area (Å²) < 4.78 is 0. The molecule has 0 spiro atoms. The van der Waals surface area contributed by atoms with E-state index in [0.29, 0.717) is 6.42 Å². The van der Waals surface area contributed by atoms with E-state index in [4.69, 9.17) is 5.73 Å². The molecule has 0 aromatic carbocycles. The van der Waals surface area contributed by atoms with E-state index in [-0.39, 0.29) is 30.3 Å². The molecule has 4 N–H and O–H groups in total. The zero-order chi connectivity index (χ0) is 15.8. The predicted molar refractivity (Wildman–Crippen MR) is 81.4 cm³/mol. The van der Waals surface area contributed by atoms with E-state index in [0.717, 1.165) is 5.56 Å². The third-order valence-electron chi connectivity index (χ3n) is 3.14. The maximum absolute atomic E-state index is 11.8. The molecule has 1 unspecified atom stereocenters. The molecule has 0 radical (unpaired) electrons. The van der Waals surface area contributed by atoms with E-state index in [1.807, 2.05) is 32.9 Å². The standard InChI is InChI=1S/C15H24N4O2/c1-10(2)14(16)15(21)18-9-13(20)19-11(3)8-12-4-6-17-7-5-12/h4-7,10-11,14H,8-9,16H2,1-3H3,(H,18,21)(H,19,20)/t11?,14-/m0/s1. The van der Waals surface area contributed by atoms with E-state index in [9.17, 15) is 9.59 Å². The molecule has 0 fully saturated rings. The van der Waals surface area contributed by atoms with Crippen LogP contribution in [-0.2, 0) is 16.0 Å². The van der Waals surface area contributed by atoms with Crippen LogP contribution < -0.4 is 16.4 Å². The number of nitrogens with zero attached hydrogens (tertiary/aromatic N) is 1. The predicted octanol–water partition coefficient (Wildman–Crippen LogP) is 0.228. The third-order valence-corrected chi connectivity index (χ3v) is 3.14. The fourth-order valence-corrected chi connectivity index (χ4v) is 1.84. The highest BCUT2D eigenvalue weighted by atomic mass is 16.2. The Hall–Kier alpha value is -1.95. The Labute approximate surface area is 125 Å². The van der Waals surface area contributed by atoms with Gasteiger partial charge in [0.2, 0.25) is 11.8 Å². The van der Waals surface area contributed by atoms with Crippen molar-refractivity contribution in [2.24, 2.45) is 11.7 Å². The van der Waals surface area contributed by atoms with Crippen molar-refractivity contribution >= 4 is 11.8 Å². The average molecular weight is 292 g/mol. The molecule has 2 atom stereocenters. The highest BCUT2D eigenvalue weighted by Crippen LogP contribution is 2.01. The first kappa shape index (κ1) is 17.1. The topological polar surface area (TPSA) is 97.1 Å². The monoisotopic (exact) mass is 292 g/mol. The Morgan fingerprint density at radius 2 is 1.86 bits per heavy atom. The summed E-state index contributed by atoms with van der Waals surface area (Å²) >= 11 is 0. The lowest BCUT2D eigenvalue weighted by atomic mass is 10.1. The number of pyridine rings is 1. The number of nitrogens with two attached hydrogens (primary N) is 1. The van der Waals surface area contributed by atoms with Crippen LogP contribution in [0.3, 0.4) is 0 Å². The summed E-state index contributed by atoms with van der Waals surface area (Å²) in [5.41, 5.74) is 6.80. The minimum absolute atomic E-state index is 0.0180. The second-order valence-electron chi connectivity index (χ2n) is 5.52. The number of aromatic nitrogens is 1. The first-order valence-corrected chi connectivity index (χ1v) is 7.11. The van der Waals surface area contributed by atoms with Gasteiger partial charge in [-0.25, -0.2) is 0 Å². The van der Waals surface area contributed by atoms with Crippen molar-refractivity contribution in [2.45, 2.75) is 39.3 Å². The van der Waals surface area contributed by atoms with E-state index in [1.165, 1.54) is 0 Å². The Morgan fingerprint density at radius 3 is 2.43 bits per heavy atom. The van der Waals surface area contributed by atoms with Crippen LogP contribution in [0.25, 0.3) is 0 Å². The van der Waals surface area contributed by atoms with Gasteiger partial charge in [0.25, 0.3) is 0 Å². The van der Waals surface area contributed by atoms with Gasteiger partial charge in [0.1, 0.15) is 0 Å². The number of amides is 2. The molecule has 6 heteroatoms. The van der Waals surface area contributed by atoms with Gasteiger partial charge in [-0.2, -0.15) is 0 Å². The van der Waals surface area contributed by atoms with Crippen LogP contribution in [0.4, 0.5) is 0 Å². The number of carbonyl (C=O) groups excluding carboxylic acids is 2. The number of nitrogens with one attached hydrogen (secondary N) is 2. The molecular formula is C15H24N4O2.